The van der Waals surface area contributed by atoms with Crippen LogP contribution in [-0.4, -0.2) is 49.4 Å². The van der Waals surface area contributed by atoms with Crippen LogP contribution in [-0.2, 0) is 11.2 Å². The van der Waals surface area contributed by atoms with Crippen LogP contribution in [0.25, 0.3) is 0 Å². The van der Waals surface area contributed by atoms with Gasteiger partial charge in [0.1, 0.15) is 11.9 Å². The zero-order chi connectivity index (χ0) is 16.2. The van der Waals surface area contributed by atoms with Crippen LogP contribution in [0.15, 0.2) is 18.2 Å². The zero-order valence-corrected chi connectivity index (χ0v) is 13.1. The Morgan fingerprint density at radius 1 is 1.43 bits per heavy atom. The van der Waals surface area contributed by atoms with Crippen molar-refractivity contribution in [1.82, 2.24) is 10.2 Å². The molecule has 0 bridgehead atoms. The molecule has 7 heteroatoms. The molecule has 1 unspecified atom stereocenters. The summed E-state index contributed by atoms with van der Waals surface area (Å²) in [5.74, 6) is 0.882. The Kier molecular flexibility index (Phi) is 4.55. The van der Waals surface area contributed by atoms with Gasteiger partial charge in [-0.2, -0.15) is 0 Å². The lowest BCUT2D eigenvalue weighted by Gasteiger charge is -2.26. The second-order valence-electron chi connectivity index (χ2n) is 5.79. The van der Waals surface area contributed by atoms with Gasteiger partial charge in [-0.1, -0.05) is 0 Å². The third kappa shape index (κ3) is 3.85. The van der Waals surface area contributed by atoms with E-state index in [9.17, 15) is 9.59 Å². The van der Waals surface area contributed by atoms with Gasteiger partial charge in [-0.3, -0.25) is 0 Å². The number of ether oxygens (including phenoxy) is 2. The van der Waals surface area contributed by atoms with Gasteiger partial charge in [0.2, 0.25) is 0 Å². The van der Waals surface area contributed by atoms with E-state index in [0.29, 0.717) is 26.2 Å². The third-order valence-corrected chi connectivity index (χ3v) is 3.88. The Balaban J connectivity index is 1.44. The summed E-state index contributed by atoms with van der Waals surface area (Å²) in [7, 11) is 0. The summed E-state index contributed by atoms with van der Waals surface area (Å²) in [4.78, 5) is 25.0. The predicted octanol–water partition coefficient (Wildman–Crippen LogP) is 1.97. The van der Waals surface area contributed by atoms with Gasteiger partial charge in [0.25, 0.3) is 0 Å². The molecule has 0 aromatic heterocycles. The standard InChI is InChI=1S/C16H21N3O4/c1-11-9-12-10-13(3-4-14(12)23-11)18-15(20)17-5-7-19-6-2-8-22-16(19)21/h3-4,10-11H,2,5-9H2,1H3,(H2,17,18,20). The molecule has 1 fully saturated rings. The van der Waals surface area contributed by atoms with Crippen LogP contribution >= 0.6 is 0 Å². The van der Waals surface area contributed by atoms with Gasteiger partial charge in [0.15, 0.2) is 0 Å². The fourth-order valence-corrected chi connectivity index (χ4v) is 2.78. The quantitative estimate of drug-likeness (QED) is 0.889. The van der Waals surface area contributed by atoms with Crippen molar-refractivity contribution in [3.05, 3.63) is 23.8 Å². The molecule has 124 valence electrons. The molecule has 0 radical (unpaired) electrons. The number of nitrogens with one attached hydrogen (secondary N) is 2. The van der Waals surface area contributed by atoms with Crippen molar-refractivity contribution in [2.75, 3.05) is 31.6 Å². The van der Waals surface area contributed by atoms with E-state index in [0.717, 1.165) is 29.8 Å². The van der Waals surface area contributed by atoms with E-state index >= 15 is 0 Å². The van der Waals surface area contributed by atoms with Gasteiger partial charge in [-0.05, 0) is 37.1 Å². The van der Waals surface area contributed by atoms with Crippen LogP contribution < -0.4 is 15.4 Å². The summed E-state index contributed by atoms with van der Waals surface area (Å²) in [6.07, 6.45) is 1.54. The summed E-state index contributed by atoms with van der Waals surface area (Å²) in [5, 5.41) is 5.54. The lowest BCUT2D eigenvalue weighted by Crippen LogP contribution is -2.43. The number of amides is 3. The van der Waals surface area contributed by atoms with Gasteiger partial charge in [-0.15, -0.1) is 0 Å². The molecule has 3 rings (SSSR count). The Bertz CT molecular complexity index is 605. The second-order valence-corrected chi connectivity index (χ2v) is 5.79. The first kappa shape index (κ1) is 15.5. The largest absolute Gasteiger partial charge is 0.490 e. The summed E-state index contributed by atoms with van der Waals surface area (Å²) < 4.78 is 10.6. The van der Waals surface area contributed by atoms with Crippen LogP contribution in [0.1, 0.15) is 18.9 Å². The van der Waals surface area contributed by atoms with Crippen molar-refractivity contribution >= 4 is 17.8 Å². The van der Waals surface area contributed by atoms with Gasteiger partial charge < -0.3 is 25.0 Å². The normalized spacial score (nSPS) is 19.6. The van der Waals surface area contributed by atoms with Gasteiger partial charge in [0.05, 0.1) is 6.61 Å². The van der Waals surface area contributed by atoms with E-state index < -0.39 is 0 Å². The van der Waals surface area contributed by atoms with Crippen LogP contribution in [0, 0.1) is 0 Å². The minimum Gasteiger partial charge on any atom is -0.490 e. The van der Waals surface area contributed by atoms with E-state index in [1.165, 1.54) is 0 Å². The molecule has 0 saturated carbocycles. The lowest BCUT2D eigenvalue weighted by molar-refractivity contribution is 0.0736. The fraction of sp³-hybridized carbons (Fsp3) is 0.500. The Hall–Kier alpha value is -2.44. The molecule has 1 aromatic carbocycles. The molecule has 0 spiro atoms. The maximum Gasteiger partial charge on any atom is 0.409 e. The van der Waals surface area contributed by atoms with Crippen molar-refractivity contribution in [2.24, 2.45) is 0 Å². The van der Waals surface area contributed by atoms with Gasteiger partial charge >= 0.3 is 12.1 Å². The smallest absolute Gasteiger partial charge is 0.409 e. The number of urea groups is 1. The number of hydrogen-bond acceptors (Lipinski definition) is 4. The molecule has 7 nitrogen and oxygen atoms in total. The van der Waals surface area contributed by atoms with Gasteiger partial charge in [-0.25, -0.2) is 9.59 Å². The Morgan fingerprint density at radius 2 is 2.30 bits per heavy atom. The van der Waals surface area contributed by atoms with Crippen molar-refractivity contribution < 1.29 is 19.1 Å². The number of hydrogen-bond donors (Lipinski definition) is 2. The minimum absolute atomic E-state index is 0.179. The molecule has 2 aliphatic heterocycles. The molecule has 2 heterocycles. The number of benzene rings is 1. The van der Waals surface area contributed by atoms with E-state index in [2.05, 4.69) is 10.6 Å². The fourth-order valence-electron chi connectivity index (χ4n) is 2.78. The average Bonchev–Trinajstić information content (AvgIpc) is 2.88. The van der Waals surface area contributed by atoms with Crippen molar-refractivity contribution in [3.63, 3.8) is 0 Å². The van der Waals surface area contributed by atoms with Crippen molar-refractivity contribution in [2.45, 2.75) is 25.9 Å². The number of carbonyl (C=O) groups excluding carboxylic acids is 2. The molecule has 0 aliphatic carbocycles. The van der Waals surface area contributed by atoms with Crippen LogP contribution in [0.3, 0.4) is 0 Å². The van der Waals surface area contributed by atoms with E-state index in [1.807, 2.05) is 25.1 Å². The van der Waals surface area contributed by atoms with Gasteiger partial charge in [0, 0.05) is 31.7 Å². The maximum absolute atomic E-state index is 11.9. The number of rotatable bonds is 4. The van der Waals surface area contributed by atoms with Crippen LogP contribution in [0.4, 0.5) is 15.3 Å². The third-order valence-electron chi connectivity index (χ3n) is 3.88. The molecule has 1 aromatic rings. The molecule has 1 saturated heterocycles. The first-order valence-electron chi connectivity index (χ1n) is 7.88. The zero-order valence-electron chi connectivity index (χ0n) is 13.1. The molecule has 1 atom stereocenters. The number of carbonyl (C=O) groups is 2. The SMILES string of the molecule is CC1Cc2cc(NC(=O)NCCN3CCCOC3=O)ccc2O1. The topological polar surface area (TPSA) is 79.9 Å². The maximum atomic E-state index is 11.9. The highest BCUT2D eigenvalue weighted by Crippen LogP contribution is 2.30. The highest BCUT2D eigenvalue weighted by molar-refractivity contribution is 5.89. The van der Waals surface area contributed by atoms with E-state index in [-0.39, 0.29) is 18.2 Å². The first-order valence-corrected chi connectivity index (χ1v) is 7.88. The number of anilines is 1. The number of fused-ring (bicyclic) bond motifs is 1. The number of cyclic esters (lactones) is 1. The Labute approximate surface area is 134 Å². The first-order chi connectivity index (χ1) is 11.1. The van der Waals surface area contributed by atoms with Crippen molar-refractivity contribution in [3.8, 4) is 5.75 Å². The lowest BCUT2D eigenvalue weighted by atomic mass is 10.1. The number of nitrogens with zero attached hydrogens (tertiary/aromatic N) is 1. The molecule has 2 N–H and O–H groups in total. The molecular formula is C16H21N3O4. The minimum atomic E-state index is -0.314. The molecule has 2 aliphatic rings. The Morgan fingerprint density at radius 3 is 3.13 bits per heavy atom. The van der Waals surface area contributed by atoms with Crippen molar-refractivity contribution in [1.29, 1.82) is 0 Å². The highest BCUT2D eigenvalue weighted by Gasteiger charge is 2.20. The van der Waals surface area contributed by atoms with E-state index in [1.54, 1.807) is 4.90 Å². The average molecular weight is 319 g/mol. The van der Waals surface area contributed by atoms with Crippen LogP contribution in [0.2, 0.25) is 0 Å². The molecule has 23 heavy (non-hydrogen) atoms. The molecular weight excluding hydrogens is 298 g/mol. The highest BCUT2D eigenvalue weighted by atomic mass is 16.6. The summed E-state index contributed by atoms with van der Waals surface area (Å²) in [5.41, 5.74) is 1.84. The summed E-state index contributed by atoms with van der Waals surface area (Å²) in [6.45, 7) is 3.99. The monoisotopic (exact) mass is 319 g/mol. The molecule has 3 amide bonds. The summed E-state index contributed by atoms with van der Waals surface area (Å²) >= 11 is 0. The second kappa shape index (κ2) is 6.76. The van der Waals surface area contributed by atoms with Crippen LogP contribution in [0.5, 0.6) is 5.75 Å². The summed E-state index contributed by atoms with van der Waals surface area (Å²) in [6, 6.07) is 5.33. The van der Waals surface area contributed by atoms with E-state index in [4.69, 9.17) is 9.47 Å². The predicted molar refractivity (Wildman–Crippen MR) is 84.8 cm³/mol.